The minimum absolute atomic E-state index is 0.0300. The molecule has 5 nitrogen and oxygen atoms in total. The van der Waals surface area contributed by atoms with Gasteiger partial charge in [-0.05, 0) is 25.3 Å². The van der Waals surface area contributed by atoms with Crippen LogP contribution in [0.4, 0.5) is 0 Å². The lowest BCUT2D eigenvalue weighted by Gasteiger charge is -2.06. The third kappa shape index (κ3) is 7.42. The van der Waals surface area contributed by atoms with E-state index in [9.17, 15) is 19.5 Å². The highest BCUT2D eigenvalue weighted by Gasteiger charge is 2.05. The van der Waals surface area contributed by atoms with Gasteiger partial charge < -0.3 is 14.6 Å². The number of hydrogen-bond donors (Lipinski definition) is 0. The highest BCUT2D eigenvalue weighted by Crippen LogP contribution is 2.01. The van der Waals surface area contributed by atoms with Gasteiger partial charge in [-0.25, -0.2) is 0 Å². The second-order valence-electron chi connectivity index (χ2n) is 3.09. The molecule has 0 saturated heterocycles. The van der Waals surface area contributed by atoms with E-state index >= 15 is 0 Å². The Hall–Kier alpha value is -1.65. The van der Waals surface area contributed by atoms with Crippen molar-refractivity contribution >= 4 is 17.7 Å². The Morgan fingerprint density at radius 1 is 1.33 bits per heavy atom. The summed E-state index contributed by atoms with van der Waals surface area (Å²) in [5, 5.41) is 10.2. The molecule has 0 spiro atoms. The number of carboxylic acids is 1. The van der Waals surface area contributed by atoms with E-state index in [2.05, 4.69) is 11.3 Å². The predicted molar refractivity (Wildman–Crippen MR) is 49.6 cm³/mol. The molecule has 0 saturated carbocycles. The molecule has 5 heteroatoms. The third-order valence-corrected chi connectivity index (χ3v) is 1.57. The zero-order valence-corrected chi connectivity index (χ0v) is 8.58. The molecule has 0 bridgehead atoms. The topological polar surface area (TPSA) is 83.5 Å². The average Bonchev–Trinajstić information content (AvgIpc) is 2.10. The Morgan fingerprint density at radius 3 is 2.40 bits per heavy atom. The van der Waals surface area contributed by atoms with Crippen LogP contribution in [0.1, 0.15) is 26.2 Å². The fourth-order valence-corrected chi connectivity index (χ4v) is 0.828. The zero-order chi connectivity index (χ0) is 11.8. The summed E-state index contributed by atoms with van der Waals surface area (Å²) in [5.74, 6) is -2.16. The van der Waals surface area contributed by atoms with E-state index in [1.165, 1.54) is 6.92 Å². The van der Waals surface area contributed by atoms with Gasteiger partial charge in [0.1, 0.15) is 12.2 Å². The van der Waals surface area contributed by atoms with Crippen molar-refractivity contribution in [2.75, 3.05) is 6.61 Å². The minimum atomic E-state index is -1.30. The molecule has 0 aromatic heterocycles. The number of Topliss-reactive ketones (excluding diaryl/α,β-unsaturated/α-hetero) is 1. The number of ether oxygens (including phenoxy) is 1. The molecule has 0 fully saturated rings. The van der Waals surface area contributed by atoms with E-state index in [1.807, 2.05) is 0 Å². The SMILES string of the molecule is C=C(CCCOC(=O)CC(C)=O)C(=O)[O-]. The lowest BCUT2D eigenvalue weighted by Crippen LogP contribution is -2.24. The average molecular weight is 213 g/mol. The highest BCUT2D eigenvalue weighted by atomic mass is 16.5. The van der Waals surface area contributed by atoms with Crippen molar-refractivity contribution in [3.8, 4) is 0 Å². The fourth-order valence-electron chi connectivity index (χ4n) is 0.828. The van der Waals surface area contributed by atoms with E-state index in [0.29, 0.717) is 6.42 Å². The van der Waals surface area contributed by atoms with Crippen molar-refractivity contribution in [3.63, 3.8) is 0 Å². The molecule has 0 unspecified atom stereocenters. The van der Waals surface area contributed by atoms with Crippen LogP contribution in [0, 0.1) is 0 Å². The van der Waals surface area contributed by atoms with E-state index in [4.69, 9.17) is 0 Å². The van der Waals surface area contributed by atoms with Gasteiger partial charge in [0.2, 0.25) is 0 Å². The molecule has 84 valence electrons. The molecular formula is C10H13O5-. The lowest BCUT2D eigenvalue weighted by atomic mass is 10.2. The maximum absolute atomic E-state index is 10.8. The number of hydrogen-bond acceptors (Lipinski definition) is 5. The van der Waals surface area contributed by atoms with Crippen LogP contribution in [0.5, 0.6) is 0 Å². The van der Waals surface area contributed by atoms with Crippen LogP contribution in [-0.4, -0.2) is 24.3 Å². The first-order chi connectivity index (χ1) is 6.93. The largest absolute Gasteiger partial charge is 0.545 e. The van der Waals surface area contributed by atoms with Gasteiger partial charge in [0, 0.05) is 0 Å². The molecule has 0 N–H and O–H groups in total. The predicted octanol–water partition coefficient (Wildman–Crippen LogP) is -0.405. The van der Waals surface area contributed by atoms with Crippen molar-refractivity contribution in [2.24, 2.45) is 0 Å². The molecule has 0 rings (SSSR count). The molecule has 0 aliphatic carbocycles. The summed E-state index contributed by atoms with van der Waals surface area (Å²) >= 11 is 0. The summed E-state index contributed by atoms with van der Waals surface area (Å²) in [4.78, 5) is 31.5. The van der Waals surface area contributed by atoms with Crippen molar-refractivity contribution in [2.45, 2.75) is 26.2 Å². The van der Waals surface area contributed by atoms with Gasteiger partial charge in [0.15, 0.2) is 0 Å². The first-order valence-corrected chi connectivity index (χ1v) is 4.47. The van der Waals surface area contributed by atoms with Gasteiger partial charge in [-0.2, -0.15) is 0 Å². The van der Waals surface area contributed by atoms with E-state index < -0.39 is 11.9 Å². The molecule has 0 aliphatic heterocycles. The Balaban J connectivity index is 3.55. The van der Waals surface area contributed by atoms with E-state index in [0.717, 1.165) is 0 Å². The first-order valence-electron chi connectivity index (χ1n) is 4.47. The molecule has 0 amide bonds. The van der Waals surface area contributed by atoms with Crippen LogP contribution in [-0.2, 0) is 19.1 Å². The monoisotopic (exact) mass is 213 g/mol. The Kier molecular flexibility index (Phi) is 6.01. The van der Waals surface area contributed by atoms with Crippen molar-refractivity contribution in [3.05, 3.63) is 12.2 Å². The quantitative estimate of drug-likeness (QED) is 0.248. The zero-order valence-electron chi connectivity index (χ0n) is 8.58. The third-order valence-electron chi connectivity index (χ3n) is 1.57. The molecule has 0 heterocycles. The van der Waals surface area contributed by atoms with Gasteiger partial charge >= 0.3 is 5.97 Å². The first kappa shape index (κ1) is 13.4. The Morgan fingerprint density at radius 2 is 1.93 bits per heavy atom. The van der Waals surface area contributed by atoms with Gasteiger partial charge in [0.05, 0.1) is 12.6 Å². The number of rotatable bonds is 7. The second kappa shape index (κ2) is 6.75. The molecule has 0 aromatic rings. The lowest BCUT2D eigenvalue weighted by molar-refractivity contribution is -0.299. The van der Waals surface area contributed by atoms with Gasteiger partial charge in [-0.3, -0.25) is 9.59 Å². The summed E-state index contributed by atoms with van der Waals surface area (Å²) in [6.45, 7) is 4.64. The summed E-state index contributed by atoms with van der Waals surface area (Å²) in [7, 11) is 0. The summed E-state index contributed by atoms with van der Waals surface area (Å²) in [6, 6.07) is 0. The van der Waals surface area contributed by atoms with E-state index in [1.54, 1.807) is 0 Å². The summed E-state index contributed by atoms with van der Waals surface area (Å²) in [6.07, 6.45) is 0.313. The van der Waals surface area contributed by atoms with Crippen molar-refractivity contribution in [1.29, 1.82) is 0 Å². The van der Waals surface area contributed by atoms with Crippen molar-refractivity contribution in [1.82, 2.24) is 0 Å². The van der Waals surface area contributed by atoms with Crippen molar-refractivity contribution < 1.29 is 24.2 Å². The maximum atomic E-state index is 10.8. The number of carbonyl (C=O) groups is 3. The number of carbonyl (C=O) groups excluding carboxylic acids is 3. The molecule has 0 radical (unpaired) electrons. The number of ketones is 1. The van der Waals surface area contributed by atoms with Gasteiger partial charge in [-0.1, -0.05) is 6.58 Å². The molecule has 15 heavy (non-hydrogen) atoms. The summed E-state index contributed by atoms with van der Waals surface area (Å²) in [5.41, 5.74) is -0.0300. The number of esters is 1. The fraction of sp³-hybridized carbons (Fsp3) is 0.500. The number of aliphatic carboxylic acids is 1. The Labute approximate surface area is 87.7 Å². The molecule has 0 aromatic carbocycles. The Bertz CT molecular complexity index is 280. The van der Waals surface area contributed by atoms with Crippen LogP contribution in [0.15, 0.2) is 12.2 Å². The number of carboxylic acid groups (broad SMARTS) is 1. The van der Waals surface area contributed by atoms with Crippen LogP contribution in [0.25, 0.3) is 0 Å². The van der Waals surface area contributed by atoms with Crippen LogP contribution < -0.4 is 5.11 Å². The highest BCUT2D eigenvalue weighted by molar-refractivity contribution is 5.94. The van der Waals surface area contributed by atoms with Gasteiger partial charge in [-0.15, -0.1) is 0 Å². The minimum Gasteiger partial charge on any atom is -0.545 e. The molecule has 0 atom stereocenters. The second-order valence-corrected chi connectivity index (χ2v) is 3.09. The molecular weight excluding hydrogens is 200 g/mol. The standard InChI is InChI=1S/C10H14O5/c1-7(10(13)14)4-3-5-15-9(12)6-8(2)11/h1,3-6H2,2H3,(H,13,14)/p-1. The van der Waals surface area contributed by atoms with Gasteiger partial charge in [0.25, 0.3) is 0 Å². The van der Waals surface area contributed by atoms with Crippen LogP contribution in [0.2, 0.25) is 0 Å². The molecule has 0 aliphatic rings. The summed E-state index contributed by atoms with van der Waals surface area (Å²) < 4.78 is 4.67. The van der Waals surface area contributed by atoms with E-state index in [-0.39, 0.29) is 30.8 Å². The smallest absolute Gasteiger partial charge is 0.313 e. The normalized spacial score (nSPS) is 9.40. The van der Waals surface area contributed by atoms with Crippen LogP contribution >= 0.6 is 0 Å². The van der Waals surface area contributed by atoms with Crippen LogP contribution in [0.3, 0.4) is 0 Å². The maximum Gasteiger partial charge on any atom is 0.313 e.